The Morgan fingerprint density at radius 1 is 1.41 bits per heavy atom. The van der Waals surface area contributed by atoms with Gasteiger partial charge in [0.2, 0.25) is 0 Å². The summed E-state index contributed by atoms with van der Waals surface area (Å²) in [5.74, 6) is 0.432. The largest absolute Gasteiger partial charge is 0.397 e. The molecule has 1 aliphatic heterocycles. The smallest absolute Gasteiger partial charge is 0.136 e. The molecule has 1 aliphatic rings. The topological polar surface area (TPSA) is 141 Å². The molecule has 2 aromatic heterocycles. The van der Waals surface area contributed by atoms with Crippen molar-refractivity contribution in [3.8, 4) is 0 Å². The third-order valence-electron chi connectivity index (χ3n) is 5.54. The monoisotopic (exact) mass is 432 g/mol. The summed E-state index contributed by atoms with van der Waals surface area (Å²) in [5, 5.41) is 16.6. The van der Waals surface area contributed by atoms with Crippen LogP contribution in [-0.2, 0) is 0 Å². The summed E-state index contributed by atoms with van der Waals surface area (Å²) in [6.07, 6.45) is 6.51. The fourth-order valence-electron chi connectivity index (χ4n) is 3.81. The lowest BCUT2D eigenvalue weighted by molar-refractivity contribution is 0.503. The number of allylic oxidation sites excluding steroid dienone is 1. The summed E-state index contributed by atoms with van der Waals surface area (Å²) in [6, 6.07) is 5.64. The van der Waals surface area contributed by atoms with Crippen LogP contribution in [0.1, 0.15) is 55.1 Å². The van der Waals surface area contributed by atoms with E-state index in [-0.39, 0.29) is 17.7 Å². The highest BCUT2D eigenvalue weighted by atomic mass is 15.2. The van der Waals surface area contributed by atoms with E-state index in [2.05, 4.69) is 21.5 Å². The van der Waals surface area contributed by atoms with Crippen molar-refractivity contribution in [3.63, 3.8) is 0 Å². The van der Waals surface area contributed by atoms with Crippen molar-refractivity contribution in [1.29, 1.82) is 10.8 Å². The van der Waals surface area contributed by atoms with E-state index in [1.165, 1.54) is 12.4 Å². The molecule has 0 aromatic carbocycles. The van der Waals surface area contributed by atoms with Gasteiger partial charge in [0.25, 0.3) is 0 Å². The molecule has 2 aromatic rings. The van der Waals surface area contributed by atoms with Gasteiger partial charge in [-0.1, -0.05) is 6.58 Å². The van der Waals surface area contributed by atoms with Gasteiger partial charge in [0.05, 0.1) is 34.9 Å². The second-order valence-electron chi connectivity index (χ2n) is 8.11. The minimum atomic E-state index is -0.369. The number of hydrogen-bond acceptors (Lipinski definition) is 8. The Bertz CT molecular complexity index is 1040. The number of pyridine rings is 2. The summed E-state index contributed by atoms with van der Waals surface area (Å²) >= 11 is 0. The van der Waals surface area contributed by atoms with Gasteiger partial charge < -0.3 is 21.8 Å². The van der Waals surface area contributed by atoms with Gasteiger partial charge in [-0.3, -0.25) is 15.4 Å². The summed E-state index contributed by atoms with van der Waals surface area (Å²) < 4.78 is 0. The molecule has 1 saturated heterocycles. The molecule has 1 fully saturated rings. The van der Waals surface area contributed by atoms with Crippen molar-refractivity contribution in [3.05, 3.63) is 53.5 Å². The SMILES string of the molecule is C=C(C)c1ccc(C(=N)c2cc(C(C=N)C=NCC)ncc2N)nc1N1CCCC(N)C1. The average molecular weight is 433 g/mol. The predicted molar refractivity (Wildman–Crippen MR) is 134 cm³/mol. The molecule has 8 nitrogen and oxygen atoms in total. The molecule has 6 N–H and O–H groups in total. The molecule has 0 aliphatic carbocycles. The third-order valence-corrected chi connectivity index (χ3v) is 5.54. The van der Waals surface area contributed by atoms with Crippen LogP contribution in [0.5, 0.6) is 0 Å². The normalized spacial score (nSPS) is 17.3. The van der Waals surface area contributed by atoms with Gasteiger partial charge in [-0.15, -0.1) is 0 Å². The highest BCUT2D eigenvalue weighted by Crippen LogP contribution is 2.28. The van der Waals surface area contributed by atoms with Crippen molar-refractivity contribution in [1.82, 2.24) is 9.97 Å². The Balaban J connectivity index is 2.01. The van der Waals surface area contributed by atoms with E-state index in [0.717, 1.165) is 42.9 Å². The van der Waals surface area contributed by atoms with Crippen molar-refractivity contribution in [2.45, 2.75) is 38.6 Å². The molecule has 0 radical (unpaired) electrons. The number of piperidine rings is 1. The average Bonchev–Trinajstić information content (AvgIpc) is 2.79. The number of hydrogen-bond donors (Lipinski definition) is 4. The van der Waals surface area contributed by atoms with E-state index in [4.69, 9.17) is 27.3 Å². The van der Waals surface area contributed by atoms with Gasteiger partial charge in [-0.25, -0.2) is 4.98 Å². The van der Waals surface area contributed by atoms with Crippen LogP contribution in [0.15, 0.2) is 36.0 Å². The van der Waals surface area contributed by atoms with E-state index in [1.807, 2.05) is 26.0 Å². The van der Waals surface area contributed by atoms with Crippen molar-refractivity contribution < 1.29 is 0 Å². The van der Waals surface area contributed by atoms with Gasteiger partial charge in [-0.2, -0.15) is 0 Å². The summed E-state index contributed by atoms with van der Waals surface area (Å²) in [7, 11) is 0. The fourth-order valence-corrected chi connectivity index (χ4v) is 3.81. The number of aromatic nitrogens is 2. The van der Waals surface area contributed by atoms with Crippen LogP contribution in [-0.4, -0.2) is 53.8 Å². The maximum atomic E-state index is 8.85. The molecule has 2 atom stereocenters. The molecule has 2 unspecified atom stereocenters. The highest BCUT2D eigenvalue weighted by Gasteiger charge is 2.23. The van der Waals surface area contributed by atoms with Gasteiger partial charge in [0.1, 0.15) is 5.82 Å². The fraction of sp³-hybridized carbons (Fsp3) is 0.375. The number of nitrogens with one attached hydrogen (secondary N) is 2. The number of nitrogens with two attached hydrogens (primary N) is 2. The molecule has 0 amide bonds. The van der Waals surface area contributed by atoms with Gasteiger partial charge in [0, 0.05) is 49.2 Å². The lowest BCUT2D eigenvalue weighted by Gasteiger charge is -2.33. The number of nitrogens with zero attached hydrogens (tertiary/aromatic N) is 4. The van der Waals surface area contributed by atoms with Gasteiger partial charge in [-0.05, 0) is 50.5 Å². The molecule has 0 bridgehead atoms. The molecule has 32 heavy (non-hydrogen) atoms. The summed E-state index contributed by atoms with van der Waals surface area (Å²) in [5.41, 5.74) is 16.5. The standard InChI is InChI=1S/C24H32N8/c1-4-29-12-16(11-25)22-10-19(20(27)13-30-22)23(28)21-8-7-18(15(2)3)24(31-21)32-9-5-6-17(26)14-32/h7-8,10-13,16-17,25,28H,2,4-6,9,14,26-27H2,1,3H3. The first-order valence-electron chi connectivity index (χ1n) is 10.9. The first-order valence-corrected chi connectivity index (χ1v) is 10.9. The molecular weight excluding hydrogens is 400 g/mol. The highest BCUT2D eigenvalue weighted by molar-refractivity contribution is 6.13. The Labute approximate surface area is 189 Å². The Morgan fingerprint density at radius 3 is 2.84 bits per heavy atom. The Hall–Kier alpha value is -3.39. The van der Waals surface area contributed by atoms with Crippen LogP contribution in [0.2, 0.25) is 0 Å². The van der Waals surface area contributed by atoms with Crippen LogP contribution in [0, 0.1) is 10.8 Å². The van der Waals surface area contributed by atoms with Crippen LogP contribution in [0.25, 0.3) is 5.57 Å². The quantitative estimate of drug-likeness (QED) is 0.474. The predicted octanol–water partition coefficient (Wildman–Crippen LogP) is 3.26. The maximum Gasteiger partial charge on any atom is 0.136 e. The zero-order valence-corrected chi connectivity index (χ0v) is 18.8. The van der Waals surface area contributed by atoms with Crippen LogP contribution < -0.4 is 16.4 Å². The lowest BCUT2D eigenvalue weighted by atomic mass is 9.99. The first-order chi connectivity index (χ1) is 15.3. The van der Waals surface area contributed by atoms with Crippen molar-refractivity contribution in [2.75, 3.05) is 30.3 Å². The first kappa shape index (κ1) is 23.3. The maximum absolute atomic E-state index is 8.85. The molecule has 3 rings (SSSR count). The minimum absolute atomic E-state index is 0.105. The molecule has 8 heteroatoms. The van der Waals surface area contributed by atoms with E-state index in [0.29, 0.717) is 29.2 Å². The molecule has 168 valence electrons. The second-order valence-corrected chi connectivity index (χ2v) is 8.11. The van der Waals surface area contributed by atoms with Crippen molar-refractivity contribution in [2.24, 2.45) is 10.7 Å². The Kier molecular flexibility index (Phi) is 7.48. The number of rotatable bonds is 8. The minimum Gasteiger partial charge on any atom is -0.397 e. The zero-order chi connectivity index (χ0) is 23.3. The van der Waals surface area contributed by atoms with E-state index < -0.39 is 0 Å². The molecular formula is C24H32N8. The van der Waals surface area contributed by atoms with Crippen LogP contribution >= 0.6 is 0 Å². The third kappa shape index (κ3) is 5.08. The summed E-state index contributed by atoms with van der Waals surface area (Å²) in [4.78, 5) is 15.6. The molecule has 3 heterocycles. The van der Waals surface area contributed by atoms with Crippen LogP contribution in [0.3, 0.4) is 0 Å². The van der Waals surface area contributed by atoms with E-state index >= 15 is 0 Å². The second kappa shape index (κ2) is 10.3. The molecule has 0 spiro atoms. The molecule has 0 saturated carbocycles. The van der Waals surface area contributed by atoms with Crippen molar-refractivity contribution >= 4 is 35.2 Å². The Morgan fingerprint density at radius 2 is 2.19 bits per heavy atom. The summed E-state index contributed by atoms with van der Waals surface area (Å²) in [6.45, 7) is 10.2. The van der Waals surface area contributed by atoms with Gasteiger partial charge >= 0.3 is 0 Å². The number of nitrogen functional groups attached to an aromatic ring is 1. The van der Waals surface area contributed by atoms with Crippen LogP contribution in [0.4, 0.5) is 11.5 Å². The zero-order valence-electron chi connectivity index (χ0n) is 18.8. The van der Waals surface area contributed by atoms with Gasteiger partial charge in [0.15, 0.2) is 0 Å². The lowest BCUT2D eigenvalue weighted by Crippen LogP contribution is -2.43. The number of anilines is 2. The van der Waals surface area contributed by atoms with E-state index in [9.17, 15) is 0 Å². The number of aliphatic imine (C=N–C) groups is 1. The van der Waals surface area contributed by atoms with E-state index in [1.54, 1.807) is 12.3 Å².